The molecule has 1 saturated carbocycles. The maximum Gasteiger partial charge on any atom is 0.317 e. The molecule has 3 unspecified atom stereocenters. The highest BCUT2D eigenvalue weighted by atomic mass is 16.4. The first kappa shape index (κ1) is 13.2. The van der Waals surface area contributed by atoms with Crippen molar-refractivity contribution >= 4 is 12.0 Å². The molecule has 2 fully saturated rings. The van der Waals surface area contributed by atoms with E-state index in [1.54, 1.807) is 4.90 Å². The maximum absolute atomic E-state index is 12.1. The van der Waals surface area contributed by atoms with Gasteiger partial charge >= 0.3 is 12.0 Å². The van der Waals surface area contributed by atoms with Crippen molar-refractivity contribution in [3.8, 4) is 0 Å². The molecule has 2 rings (SSSR count). The van der Waals surface area contributed by atoms with Gasteiger partial charge in [-0.3, -0.25) is 4.79 Å². The van der Waals surface area contributed by atoms with Crippen LogP contribution < -0.4 is 5.32 Å². The number of amides is 2. The zero-order chi connectivity index (χ0) is 13.1. The molecule has 1 aliphatic carbocycles. The second-order valence-corrected chi connectivity index (χ2v) is 5.40. The summed E-state index contributed by atoms with van der Waals surface area (Å²) in [5.74, 6) is -0.200. The van der Waals surface area contributed by atoms with Crippen LogP contribution in [0.3, 0.4) is 0 Å². The van der Waals surface area contributed by atoms with Gasteiger partial charge in [0, 0.05) is 18.6 Å². The lowest BCUT2D eigenvalue weighted by atomic mass is 10.00. The second kappa shape index (κ2) is 5.59. The third-order valence-corrected chi connectivity index (χ3v) is 4.05. The van der Waals surface area contributed by atoms with Gasteiger partial charge in [0.25, 0.3) is 0 Å². The third kappa shape index (κ3) is 3.15. The van der Waals surface area contributed by atoms with Crippen molar-refractivity contribution in [3.05, 3.63) is 0 Å². The Balaban J connectivity index is 1.87. The molecule has 3 atom stereocenters. The smallest absolute Gasteiger partial charge is 0.317 e. The van der Waals surface area contributed by atoms with Gasteiger partial charge in [-0.2, -0.15) is 0 Å². The molecule has 18 heavy (non-hydrogen) atoms. The van der Waals surface area contributed by atoms with E-state index in [9.17, 15) is 9.59 Å². The number of carboxylic acids is 1. The van der Waals surface area contributed by atoms with Crippen LogP contribution in [0, 0.1) is 5.92 Å². The van der Waals surface area contributed by atoms with Gasteiger partial charge in [0.05, 0.1) is 6.42 Å². The first-order chi connectivity index (χ1) is 8.61. The molecule has 2 aliphatic rings. The molecule has 0 spiro atoms. The summed E-state index contributed by atoms with van der Waals surface area (Å²) in [6, 6.07) is 0.117. The van der Waals surface area contributed by atoms with E-state index in [2.05, 4.69) is 12.2 Å². The van der Waals surface area contributed by atoms with Gasteiger partial charge in [0.15, 0.2) is 0 Å². The van der Waals surface area contributed by atoms with Crippen molar-refractivity contribution in [1.82, 2.24) is 10.2 Å². The fraction of sp³-hybridized carbons (Fsp3) is 0.846. The molecule has 0 aromatic rings. The van der Waals surface area contributed by atoms with Gasteiger partial charge < -0.3 is 15.3 Å². The normalized spacial score (nSPS) is 30.9. The number of nitrogens with zero attached hydrogens (tertiary/aromatic N) is 1. The Labute approximate surface area is 108 Å². The topological polar surface area (TPSA) is 69.6 Å². The number of aliphatic carboxylic acids is 1. The standard InChI is InChI=1S/C13H22N2O3/c1-2-9-7-11(9)14-13(18)15-6-4-3-5-10(15)8-12(16)17/h9-11H,2-8H2,1H3,(H,14,18)(H,16,17). The quantitative estimate of drug-likeness (QED) is 0.804. The molecule has 1 aliphatic heterocycles. The number of carboxylic acid groups (broad SMARTS) is 1. The van der Waals surface area contributed by atoms with Gasteiger partial charge in [0.2, 0.25) is 0 Å². The SMILES string of the molecule is CCC1CC1NC(=O)N1CCCCC1CC(=O)O. The summed E-state index contributed by atoms with van der Waals surface area (Å²) >= 11 is 0. The summed E-state index contributed by atoms with van der Waals surface area (Å²) in [6.45, 7) is 2.82. The average Bonchev–Trinajstić information content (AvgIpc) is 3.07. The molecule has 0 aromatic heterocycles. The number of piperidine rings is 1. The zero-order valence-corrected chi connectivity index (χ0v) is 10.9. The van der Waals surface area contributed by atoms with Crippen molar-refractivity contribution < 1.29 is 14.7 Å². The van der Waals surface area contributed by atoms with Crippen LogP contribution in [-0.2, 0) is 4.79 Å². The first-order valence-corrected chi connectivity index (χ1v) is 6.90. The van der Waals surface area contributed by atoms with E-state index in [0.717, 1.165) is 32.1 Å². The molecule has 1 heterocycles. The van der Waals surface area contributed by atoms with Crippen LogP contribution in [-0.4, -0.2) is 40.6 Å². The fourth-order valence-electron chi connectivity index (χ4n) is 2.80. The molecule has 1 saturated heterocycles. The molecule has 5 heteroatoms. The Morgan fingerprint density at radius 3 is 2.78 bits per heavy atom. The summed E-state index contributed by atoms with van der Waals surface area (Å²) in [6.07, 6.45) is 5.04. The van der Waals surface area contributed by atoms with E-state index in [4.69, 9.17) is 5.11 Å². The van der Waals surface area contributed by atoms with Crippen LogP contribution in [0.25, 0.3) is 0 Å². The summed E-state index contributed by atoms with van der Waals surface area (Å²) in [5, 5.41) is 11.9. The Morgan fingerprint density at radius 1 is 1.39 bits per heavy atom. The minimum absolute atomic E-state index is 0.0648. The van der Waals surface area contributed by atoms with Crippen molar-refractivity contribution in [1.29, 1.82) is 0 Å². The second-order valence-electron chi connectivity index (χ2n) is 5.40. The summed E-state index contributed by atoms with van der Waals surface area (Å²) < 4.78 is 0. The largest absolute Gasteiger partial charge is 0.481 e. The summed E-state index contributed by atoms with van der Waals surface area (Å²) in [4.78, 5) is 24.7. The number of hydrogen-bond donors (Lipinski definition) is 2. The Bertz CT molecular complexity index is 332. The van der Waals surface area contributed by atoms with Gasteiger partial charge in [0.1, 0.15) is 0 Å². The van der Waals surface area contributed by atoms with Crippen LogP contribution in [0.2, 0.25) is 0 Å². The van der Waals surface area contributed by atoms with Crippen LogP contribution in [0.15, 0.2) is 0 Å². The van der Waals surface area contributed by atoms with E-state index < -0.39 is 5.97 Å². The third-order valence-electron chi connectivity index (χ3n) is 4.05. The van der Waals surface area contributed by atoms with E-state index in [0.29, 0.717) is 18.5 Å². The van der Waals surface area contributed by atoms with Crippen molar-refractivity contribution in [2.24, 2.45) is 5.92 Å². The molecule has 0 bridgehead atoms. The monoisotopic (exact) mass is 254 g/mol. The van der Waals surface area contributed by atoms with Gasteiger partial charge in [-0.25, -0.2) is 4.79 Å². The highest BCUT2D eigenvalue weighted by Gasteiger charge is 2.38. The number of carbonyl (C=O) groups excluding carboxylic acids is 1. The Hall–Kier alpha value is -1.26. The first-order valence-electron chi connectivity index (χ1n) is 6.90. The number of hydrogen-bond acceptors (Lipinski definition) is 2. The molecule has 0 radical (unpaired) electrons. The Kier molecular flexibility index (Phi) is 4.09. The van der Waals surface area contributed by atoms with Crippen molar-refractivity contribution in [2.45, 2.75) is 57.5 Å². The minimum Gasteiger partial charge on any atom is -0.481 e. The minimum atomic E-state index is -0.822. The number of rotatable bonds is 4. The molecule has 102 valence electrons. The van der Waals surface area contributed by atoms with Crippen LogP contribution in [0.5, 0.6) is 0 Å². The number of carbonyl (C=O) groups is 2. The lowest BCUT2D eigenvalue weighted by Crippen LogP contribution is -2.50. The average molecular weight is 254 g/mol. The number of urea groups is 1. The predicted molar refractivity (Wildman–Crippen MR) is 67.3 cm³/mol. The summed E-state index contributed by atoms with van der Waals surface area (Å²) in [7, 11) is 0. The number of likely N-dealkylation sites (tertiary alicyclic amines) is 1. The van der Waals surface area contributed by atoms with Crippen LogP contribution in [0.1, 0.15) is 45.4 Å². The highest BCUT2D eigenvalue weighted by Crippen LogP contribution is 2.33. The number of nitrogens with one attached hydrogen (secondary N) is 1. The van der Waals surface area contributed by atoms with Crippen LogP contribution >= 0.6 is 0 Å². The van der Waals surface area contributed by atoms with E-state index >= 15 is 0 Å². The van der Waals surface area contributed by atoms with E-state index in [1.165, 1.54) is 0 Å². The zero-order valence-electron chi connectivity index (χ0n) is 10.9. The Morgan fingerprint density at radius 2 is 2.17 bits per heavy atom. The highest BCUT2D eigenvalue weighted by molar-refractivity contribution is 5.76. The van der Waals surface area contributed by atoms with E-state index in [1.807, 2.05) is 0 Å². The van der Waals surface area contributed by atoms with E-state index in [-0.39, 0.29) is 18.5 Å². The van der Waals surface area contributed by atoms with Crippen molar-refractivity contribution in [3.63, 3.8) is 0 Å². The molecule has 2 amide bonds. The lowest BCUT2D eigenvalue weighted by Gasteiger charge is -2.35. The molecule has 2 N–H and O–H groups in total. The van der Waals surface area contributed by atoms with Gasteiger partial charge in [-0.1, -0.05) is 13.3 Å². The molecular formula is C13H22N2O3. The maximum atomic E-state index is 12.1. The van der Waals surface area contributed by atoms with Gasteiger partial charge in [-0.05, 0) is 31.6 Å². The van der Waals surface area contributed by atoms with Crippen molar-refractivity contribution in [2.75, 3.05) is 6.54 Å². The molecule has 5 nitrogen and oxygen atoms in total. The summed E-state index contributed by atoms with van der Waals surface area (Å²) in [5.41, 5.74) is 0. The van der Waals surface area contributed by atoms with Crippen LogP contribution in [0.4, 0.5) is 4.79 Å². The van der Waals surface area contributed by atoms with Gasteiger partial charge in [-0.15, -0.1) is 0 Å². The lowest BCUT2D eigenvalue weighted by molar-refractivity contribution is -0.138. The molecule has 0 aromatic carbocycles. The fourth-order valence-corrected chi connectivity index (χ4v) is 2.80. The molecular weight excluding hydrogens is 232 g/mol. The predicted octanol–water partition coefficient (Wildman–Crippen LogP) is 1.82.